The summed E-state index contributed by atoms with van der Waals surface area (Å²) in [6.07, 6.45) is 0.751. The minimum atomic E-state index is -0.802. The summed E-state index contributed by atoms with van der Waals surface area (Å²) in [6, 6.07) is 9.65. The van der Waals surface area contributed by atoms with Crippen molar-refractivity contribution in [3.63, 3.8) is 0 Å². The average molecular weight is 453 g/mol. The van der Waals surface area contributed by atoms with Gasteiger partial charge in [0.1, 0.15) is 17.6 Å². The first kappa shape index (κ1) is 22.7. The van der Waals surface area contributed by atoms with Gasteiger partial charge in [-0.1, -0.05) is 6.07 Å². The number of amides is 1. The molecule has 0 aromatic heterocycles. The van der Waals surface area contributed by atoms with E-state index in [9.17, 15) is 14.7 Å². The number of rotatable bonds is 7. The van der Waals surface area contributed by atoms with Gasteiger partial charge in [-0.2, -0.15) is 0 Å². The molecule has 2 atom stereocenters. The zero-order valence-corrected chi connectivity index (χ0v) is 19.1. The van der Waals surface area contributed by atoms with E-state index in [0.717, 1.165) is 11.3 Å². The van der Waals surface area contributed by atoms with Crippen LogP contribution in [0.15, 0.2) is 42.0 Å². The van der Waals surface area contributed by atoms with Crippen molar-refractivity contribution in [1.82, 2.24) is 4.90 Å². The van der Waals surface area contributed by atoms with Crippen LogP contribution in [0, 0.1) is 0 Å². The van der Waals surface area contributed by atoms with Gasteiger partial charge in [-0.15, -0.1) is 0 Å². The number of aliphatic hydroxyl groups is 1. The highest BCUT2D eigenvalue weighted by Gasteiger charge is 2.46. The van der Waals surface area contributed by atoms with Crippen LogP contribution in [0.1, 0.15) is 29.7 Å². The number of fused-ring (bicyclic) bond motifs is 1. The maximum Gasteiger partial charge on any atom is 0.295 e. The molecule has 1 fully saturated rings. The predicted molar refractivity (Wildman–Crippen MR) is 121 cm³/mol. The molecule has 8 heteroatoms. The van der Waals surface area contributed by atoms with Crippen molar-refractivity contribution in [2.24, 2.45) is 0 Å². The van der Waals surface area contributed by atoms with E-state index in [4.69, 9.17) is 18.9 Å². The summed E-state index contributed by atoms with van der Waals surface area (Å²) in [7, 11) is 4.56. The van der Waals surface area contributed by atoms with Gasteiger partial charge < -0.3 is 29.0 Å². The Balaban J connectivity index is 1.85. The number of carbonyl (C=O) groups excluding carboxylic acids is 2. The zero-order valence-electron chi connectivity index (χ0n) is 19.1. The number of hydrogen-bond acceptors (Lipinski definition) is 7. The van der Waals surface area contributed by atoms with E-state index in [2.05, 4.69) is 0 Å². The normalized spacial score (nSPS) is 21.2. The van der Waals surface area contributed by atoms with Crippen LogP contribution in [0.25, 0.3) is 5.76 Å². The van der Waals surface area contributed by atoms with Gasteiger partial charge in [-0.3, -0.25) is 9.59 Å². The van der Waals surface area contributed by atoms with Crippen LogP contribution >= 0.6 is 0 Å². The molecule has 2 aliphatic rings. The third-order valence-electron chi connectivity index (χ3n) is 5.97. The van der Waals surface area contributed by atoms with Gasteiger partial charge in [0.25, 0.3) is 11.7 Å². The second-order valence-electron chi connectivity index (χ2n) is 8.05. The van der Waals surface area contributed by atoms with Gasteiger partial charge in [0.15, 0.2) is 11.5 Å². The smallest absolute Gasteiger partial charge is 0.295 e. The Labute approximate surface area is 192 Å². The standard InChI is InChI=1S/C25H27NO7/c1-14-11-17-12-16(6-7-18(17)33-14)23(27)21-22(26(9-10-30-2)25(29)24(21)28)15-5-8-19(31-3)20(13-15)32-4/h5-8,12-14,22,27H,9-11H2,1-4H3. The summed E-state index contributed by atoms with van der Waals surface area (Å²) in [5.41, 5.74) is 2.04. The topological polar surface area (TPSA) is 94.5 Å². The fourth-order valence-electron chi connectivity index (χ4n) is 4.39. The molecule has 2 aromatic rings. The molecule has 1 saturated heterocycles. The summed E-state index contributed by atoms with van der Waals surface area (Å²) in [6.45, 7) is 2.40. The number of aliphatic hydroxyl groups excluding tert-OH is 1. The molecule has 0 aliphatic carbocycles. The van der Waals surface area contributed by atoms with Gasteiger partial charge in [-0.25, -0.2) is 0 Å². The second kappa shape index (κ2) is 9.15. The van der Waals surface area contributed by atoms with Crippen LogP contribution in [-0.2, 0) is 20.7 Å². The van der Waals surface area contributed by atoms with Crippen molar-refractivity contribution in [2.75, 3.05) is 34.5 Å². The van der Waals surface area contributed by atoms with Crippen molar-refractivity contribution in [1.29, 1.82) is 0 Å². The third kappa shape index (κ3) is 4.02. The molecule has 2 aliphatic heterocycles. The fraction of sp³-hybridized carbons (Fsp3) is 0.360. The van der Waals surface area contributed by atoms with Crippen LogP contribution in [-0.4, -0.2) is 62.3 Å². The van der Waals surface area contributed by atoms with Crippen LogP contribution in [0.3, 0.4) is 0 Å². The van der Waals surface area contributed by atoms with Crippen molar-refractivity contribution in [3.05, 3.63) is 58.7 Å². The molecule has 1 amide bonds. The Hall–Kier alpha value is -3.52. The Bertz CT molecular complexity index is 1120. The zero-order chi connectivity index (χ0) is 23.7. The minimum Gasteiger partial charge on any atom is -0.507 e. The van der Waals surface area contributed by atoms with E-state index < -0.39 is 17.7 Å². The van der Waals surface area contributed by atoms with Crippen molar-refractivity contribution in [3.8, 4) is 17.2 Å². The summed E-state index contributed by atoms with van der Waals surface area (Å²) in [5, 5.41) is 11.3. The monoisotopic (exact) mass is 453 g/mol. The molecule has 174 valence electrons. The number of Topliss-reactive ketones (excluding diaryl/α,β-unsaturated/α-hetero) is 1. The first-order valence-electron chi connectivity index (χ1n) is 10.7. The van der Waals surface area contributed by atoms with Gasteiger partial charge in [0.05, 0.1) is 32.4 Å². The Morgan fingerprint density at radius 2 is 1.85 bits per heavy atom. The third-order valence-corrected chi connectivity index (χ3v) is 5.97. The second-order valence-corrected chi connectivity index (χ2v) is 8.05. The SMILES string of the molecule is COCCN1C(=O)C(=O)C(=C(O)c2ccc3c(c2)CC(C)O3)C1c1ccc(OC)c(OC)c1. The lowest BCUT2D eigenvalue weighted by atomic mass is 9.94. The lowest BCUT2D eigenvalue weighted by Crippen LogP contribution is -2.32. The van der Waals surface area contributed by atoms with Crippen LogP contribution in [0.2, 0.25) is 0 Å². The lowest BCUT2D eigenvalue weighted by Gasteiger charge is -2.25. The number of likely N-dealkylation sites (tertiary alicyclic amines) is 1. The van der Waals surface area contributed by atoms with E-state index in [1.165, 1.54) is 26.2 Å². The molecular formula is C25H27NO7. The highest BCUT2D eigenvalue weighted by molar-refractivity contribution is 6.46. The number of carbonyl (C=O) groups is 2. The lowest BCUT2D eigenvalue weighted by molar-refractivity contribution is -0.140. The number of benzene rings is 2. The van der Waals surface area contributed by atoms with E-state index in [1.807, 2.05) is 13.0 Å². The first-order valence-corrected chi connectivity index (χ1v) is 10.7. The fourth-order valence-corrected chi connectivity index (χ4v) is 4.39. The van der Waals surface area contributed by atoms with E-state index in [-0.39, 0.29) is 30.6 Å². The molecule has 2 heterocycles. The molecule has 4 rings (SSSR count). The van der Waals surface area contributed by atoms with Crippen molar-refractivity contribution < 1.29 is 33.6 Å². The van der Waals surface area contributed by atoms with Crippen molar-refractivity contribution >= 4 is 17.4 Å². The van der Waals surface area contributed by atoms with E-state index in [0.29, 0.717) is 29.0 Å². The number of methoxy groups -OCH3 is 3. The quantitative estimate of drug-likeness (QED) is 0.391. The van der Waals surface area contributed by atoms with Gasteiger partial charge in [0, 0.05) is 25.6 Å². The maximum absolute atomic E-state index is 13.1. The van der Waals surface area contributed by atoms with E-state index >= 15 is 0 Å². The maximum atomic E-state index is 13.1. The summed E-state index contributed by atoms with van der Waals surface area (Å²) >= 11 is 0. The molecule has 0 bridgehead atoms. The first-order chi connectivity index (χ1) is 15.9. The summed E-state index contributed by atoms with van der Waals surface area (Å²) in [5.74, 6) is 0.0743. The molecule has 0 saturated carbocycles. The highest BCUT2D eigenvalue weighted by atomic mass is 16.5. The average Bonchev–Trinajstić information content (AvgIpc) is 3.32. The van der Waals surface area contributed by atoms with Gasteiger partial charge in [0.2, 0.25) is 0 Å². The number of hydrogen-bond donors (Lipinski definition) is 1. The molecule has 0 spiro atoms. The van der Waals surface area contributed by atoms with Crippen LogP contribution < -0.4 is 14.2 Å². The minimum absolute atomic E-state index is 0.0234. The van der Waals surface area contributed by atoms with E-state index in [1.54, 1.807) is 30.3 Å². The van der Waals surface area contributed by atoms with Crippen molar-refractivity contribution in [2.45, 2.75) is 25.5 Å². The molecule has 1 N–H and O–H groups in total. The largest absolute Gasteiger partial charge is 0.507 e. The Kier molecular flexibility index (Phi) is 6.29. The number of nitrogens with zero attached hydrogens (tertiary/aromatic N) is 1. The predicted octanol–water partition coefficient (Wildman–Crippen LogP) is 3.10. The Morgan fingerprint density at radius 1 is 1.09 bits per heavy atom. The molecule has 8 nitrogen and oxygen atoms in total. The molecule has 2 unspecified atom stereocenters. The van der Waals surface area contributed by atoms with Gasteiger partial charge >= 0.3 is 0 Å². The molecule has 0 radical (unpaired) electrons. The molecular weight excluding hydrogens is 426 g/mol. The Morgan fingerprint density at radius 3 is 2.55 bits per heavy atom. The number of ketones is 1. The molecule has 33 heavy (non-hydrogen) atoms. The molecule has 2 aromatic carbocycles. The van der Waals surface area contributed by atoms with Gasteiger partial charge in [-0.05, 0) is 48.4 Å². The summed E-state index contributed by atoms with van der Waals surface area (Å²) in [4.78, 5) is 27.5. The van der Waals surface area contributed by atoms with Crippen LogP contribution in [0.4, 0.5) is 0 Å². The van der Waals surface area contributed by atoms with Crippen LogP contribution in [0.5, 0.6) is 17.2 Å². The number of ether oxygens (including phenoxy) is 4. The highest BCUT2D eigenvalue weighted by Crippen LogP contribution is 2.42. The summed E-state index contributed by atoms with van der Waals surface area (Å²) < 4.78 is 21.6.